The topological polar surface area (TPSA) is 31.4 Å². The molecule has 0 N–H and O–H groups in total. The van der Waals surface area contributed by atoms with Crippen LogP contribution in [-0.4, -0.2) is 26.0 Å². The maximum Gasteiger partial charge on any atom is 0.417 e. The lowest BCUT2D eigenvalue weighted by atomic mass is 10.2. The third-order valence-corrected chi connectivity index (χ3v) is 10.8. The van der Waals surface area contributed by atoms with Gasteiger partial charge in [-0.25, -0.2) is 4.98 Å². The Labute approximate surface area is 182 Å². The second kappa shape index (κ2) is 9.74. The van der Waals surface area contributed by atoms with E-state index in [9.17, 15) is 13.2 Å². The van der Waals surface area contributed by atoms with E-state index >= 15 is 0 Å². The van der Waals surface area contributed by atoms with Gasteiger partial charge in [-0.2, -0.15) is 13.2 Å². The number of halogens is 3. The lowest BCUT2D eigenvalue weighted by molar-refractivity contribution is -0.138. The van der Waals surface area contributed by atoms with E-state index in [-0.39, 0.29) is 23.6 Å². The Bertz CT molecular complexity index is 823. The highest BCUT2D eigenvalue weighted by Crippen LogP contribution is 2.38. The predicted octanol–water partition coefficient (Wildman–Crippen LogP) is 7.18. The first-order valence-corrected chi connectivity index (χ1v) is 13.7. The van der Waals surface area contributed by atoms with Crippen molar-refractivity contribution in [3.63, 3.8) is 0 Å². The third kappa shape index (κ3) is 7.03. The molecule has 8 heteroatoms. The monoisotopic (exact) mass is 457 g/mol. The van der Waals surface area contributed by atoms with Crippen molar-refractivity contribution in [2.45, 2.75) is 68.8 Å². The molecule has 0 fully saturated rings. The summed E-state index contributed by atoms with van der Waals surface area (Å²) in [6.07, 6.45) is -3.82. The first-order valence-electron chi connectivity index (χ1n) is 9.84. The molecule has 0 aliphatic rings. The summed E-state index contributed by atoms with van der Waals surface area (Å²) in [5, 5.41) is 0.0601. The summed E-state index contributed by atoms with van der Waals surface area (Å²) in [5.41, 5.74) is 0.233. The number of nitrogens with zero attached hydrogens (tertiary/aromatic N) is 1. The summed E-state index contributed by atoms with van der Waals surface area (Å²) in [6, 6.07) is 10.7. The molecule has 2 rings (SSSR count). The van der Waals surface area contributed by atoms with Crippen LogP contribution < -0.4 is 4.74 Å². The van der Waals surface area contributed by atoms with E-state index < -0.39 is 20.1 Å². The largest absolute Gasteiger partial charge is 0.474 e. The molecule has 30 heavy (non-hydrogen) atoms. The van der Waals surface area contributed by atoms with Crippen molar-refractivity contribution in [2.24, 2.45) is 0 Å². The Kier molecular flexibility index (Phi) is 8.04. The average molecular weight is 458 g/mol. The molecule has 166 valence electrons. The fourth-order valence-corrected chi connectivity index (χ4v) is 4.83. The highest BCUT2D eigenvalue weighted by Gasteiger charge is 2.38. The van der Waals surface area contributed by atoms with Crippen molar-refractivity contribution in [3.05, 3.63) is 53.7 Å². The molecule has 2 aromatic rings. The van der Waals surface area contributed by atoms with Crippen LogP contribution in [0.25, 0.3) is 0 Å². The van der Waals surface area contributed by atoms with Gasteiger partial charge in [0, 0.05) is 11.9 Å². The van der Waals surface area contributed by atoms with Crippen molar-refractivity contribution in [3.8, 4) is 5.88 Å². The first kappa shape index (κ1) is 24.8. The maximum absolute atomic E-state index is 13.2. The van der Waals surface area contributed by atoms with Gasteiger partial charge < -0.3 is 9.16 Å². The predicted molar refractivity (Wildman–Crippen MR) is 118 cm³/mol. The number of rotatable bonds is 8. The average Bonchev–Trinajstić information content (AvgIpc) is 2.63. The summed E-state index contributed by atoms with van der Waals surface area (Å²) in [7, 11) is -1.97. The summed E-state index contributed by atoms with van der Waals surface area (Å²) < 4.78 is 51.6. The Morgan fingerprint density at radius 2 is 1.73 bits per heavy atom. The molecule has 0 radical (unpaired) electrons. The van der Waals surface area contributed by atoms with E-state index in [2.05, 4.69) is 38.8 Å². The van der Waals surface area contributed by atoms with Crippen LogP contribution in [0.4, 0.5) is 13.2 Å². The number of hydrogen-bond donors (Lipinski definition) is 0. The van der Waals surface area contributed by atoms with E-state index in [0.29, 0.717) is 10.6 Å². The molecule has 1 atom stereocenters. The van der Waals surface area contributed by atoms with Gasteiger partial charge in [0.15, 0.2) is 8.32 Å². The SMILES string of the molecule is CC(COc1ncc(C(F)(F)F)cc1SCc1ccccc1)O[Si](C)(C)C(C)(C)C. The molecule has 1 aromatic heterocycles. The zero-order chi connectivity index (χ0) is 22.6. The molecule has 0 saturated heterocycles. The first-order chi connectivity index (χ1) is 13.8. The normalized spacial score (nSPS) is 13.9. The standard InChI is InChI=1S/C22H30F3NO2SSi/c1-16(28-30(5,6)21(2,3)4)14-27-20-19(12-18(13-26-20)22(23,24)25)29-15-17-10-8-7-9-11-17/h7-13,16H,14-15H2,1-6H3. The number of hydrogen-bond acceptors (Lipinski definition) is 4. The number of aromatic nitrogens is 1. The summed E-state index contributed by atoms with van der Waals surface area (Å²) in [5.74, 6) is 0.727. The summed E-state index contributed by atoms with van der Waals surface area (Å²) >= 11 is 1.28. The highest BCUT2D eigenvalue weighted by atomic mass is 32.2. The highest BCUT2D eigenvalue weighted by molar-refractivity contribution is 7.98. The number of thioether (sulfide) groups is 1. The van der Waals surface area contributed by atoms with Crippen molar-refractivity contribution >= 4 is 20.1 Å². The molecule has 1 aromatic carbocycles. The van der Waals surface area contributed by atoms with E-state index in [1.165, 1.54) is 11.8 Å². The van der Waals surface area contributed by atoms with Gasteiger partial charge in [0.05, 0.1) is 16.6 Å². The molecule has 3 nitrogen and oxygen atoms in total. The quantitative estimate of drug-likeness (QED) is 0.310. The van der Waals surface area contributed by atoms with Gasteiger partial charge in [0.25, 0.3) is 0 Å². The van der Waals surface area contributed by atoms with Gasteiger partial charge in [-0.05, 0) is 36.7 Å². The van der Waals surface area contributed by atoms with Gasteiger partial charge in [0.1, 0.15) is 6.61 Å². The minimum atomic E-state index is -4.45. The molecule has 0 aliphatic heterocycles. The van der Waals surface area contributed by atoms with Gasteiger partial charge in [-0.15, -0.1) is 11.8 Å². The van der Waals surface area contributed by atoms with Crippen molar-refractivity contribution < 1.29 is 22.3 Å². The molecule has 0 spiro atoms. The van der Waals surface area contributed by atoms with E-state index in [4.69, 9.17) is 9.16 Å². The molecular weight excluding hydrogens is 427 g/mol. The van der Waals surface area contributed by atoms with Crippen LogP contribution in [0.5, 0.6) is 5.88 Å². The summed E-state index contributed by atoms with van der Waals surface area (Å²) in [4.78, 5) is 4.34. The third-order valence-electron chi connectivity index (χ3n) is 5.14. The molecule has 1 heterocycles. The molecular formula is C22H30F3NO2SSi. The number of pyridine rings is 1. The summed E-state index contributed by atoms with van der Waals surface area (Å²) in [6.45, 7) is 12.9. The number of alkyl halides is 3. The minimum Gasteiger partial charge on any atom is -0.474 e. The van der Waals surface area contributed by atoms with Crippen LogP contribution in [0.15, 0.2) is 47.5 Å². The van der Waals surface area contributed by atoms with Crippen LogP contribution in [0, 0.1) is 0 Å². The Morgan fingerprint density at radius 3 is 2.30 bits per heavy atom. The number of ether oxygens (including phenoxy) is 1. The minimum absolute atomic E-state index is 0.0601. The molecule has 0 bridgehead atoms. The van der Waals surface area contributed by atoms with Crippen LogP contribution in [0.3, 0.4) is 0 Å². The van der Waals surface area contributed by atoms with Crippen molar-refractivity contribution in [1.82, 2.24) is 4.98 Å². The van der Waals surface area contributed by atoms with E-state index in [1.807, 2.05) is 37.3 Å². The number of benzene rings is 1. The van der Waals surface area contributed by atoms with Crippen LogP contribution in [0.2, 0.25) is 18.1 Å². The van der Waals surface area contributed by atoms with Gasteiger partial charge in [-0.1, -0.05) is 51.1 Å². The molecule has 0 amide bonds. The second-order valence-electron chi connectivity index (χ2n) is 8.80. The van der Waals surface area contributed by atoms with E-state index in [1.54, 1.807) is 0 Å². The smallest absolute Gasteiger partial charge is 0.417 e. The fraction of sp³-hybridized carbons (Fsp3) is 0.500. The Balaban J connectivity index is 2.13. The van der Waals surface area contributed by atoms with E-state index in [0.717, 1.165) is 17.8 Å². The van der Waals surface area contributed by atoms with Crippen molar-refractivity contribution in [1.29, 1.82) is 0 Å². The second-order valence-corrected chi connectivity index (χ2v) is 14.6. The zero-order valence-corrected chi connectivity index (χ0v) is 20.2. The molecule has 1 unspecified atom stereocenters. The van der Waals surface area contributed by atoms with Gasteiger partial charge >= 0.3 is 6.18 Å². The lowest BCUT2D eigenvalue weighted by Crippen LogP contribution is -2.44. The maximum atomic E-state index is 13.2. The van der Waals surface area contributed by atoms with Crippen LogP contribution in [-0.2, 0) is 16.4 Å². The Morgan fingerprint density at radius 1 is 1.10 bits per heavy atom. The zero-order valence-electron chi connectivity index (χ0n) is 18.3. The molecule has 0 saturated carbocycles. The van der Waals surface area contributed by atoms with Gasteiger partial charge in [0.2, 0.25) is 5.88 Å². The fourth-order valence-electron chi connectivity index (χ4n) is 2.44. The Hall–Kier alpha value is -1.51. The van der Waals surface area contributed by atoms with Crippen LogP contribution in [0.1, 0.15) is 38.8 Å². The van der Waals surface area contributed by atoms with Gasteiger partial charge in [-0.3, -0.25) is 0 Å². The molecule has 0 aliphatic carbocycles. The van der Waals surface area contributed by atoms with Crippen molar-refractivity contribution in [2.75, 3.05) is 6.61 Å². The lowest BCUT2D eigenvalue weighted by Gasteiger charge is -2.38. The van der Waals surface area contributed by atoms with Crippen LogP contribution >= 0.6 is 11.8 Å².